The zero-order valence-electron chi connectivity index (χ0n) is 19.4. The third-order valence-electron chi connectivity index (χ3n) is 5.52. The maximum atomic E-state index is 12.7. The van der Waals surface area contributed by atoms with Crippen molar-refractivity contribution < 1.29 is 18.7 Å². The van der Waals surface area contributed by atoms with E-state index in [4.69, 9.17) is 37.1 Å². The van der Waals surface area contributed by atoms with E-state index < -0.39 is 0 Å². The molecule has 0 radical (unpaired) electrons. The molecule has 0 saturated carbocycles. The van der Waals surface area contributed by atoms with E-state index >= 15 is 0 Å². The normalized spacial score (nSPS) is 12.2. The molecule has 1 amide bonds. The molecule has 3 aromatic heterocycles. The van der Waals surface area contributed by atoms with E-state index in [1.807, 2.05) is 22.8 Å². The number of benzene rings is 2. The van der Waals surface area contributed by atoms with Crippen LogP contribution in [0.2, 0.25) is 10.0 Å². The number of halogens is 2. The topological polar surface area (TPSA) is 104 Å². The number of carbonyl (C=O) groups excluding carboxylic acids is 1. The lowest BCUT2D eigenvalue weighted by Gasteiger charge is -2.11. The molecule has 4 heterocycles. The van der Waals surface area contributed by atoms with Gasteiger partial charge >= 0.3 is 0 Å². The Morgan fingerprint density at radius 1 is 1.11 bits per heavy atom. The first-order valence-electron chi connectivity index (χ1n) is 11.2. The summed E-state index contributed by atoms with van der Waals surface area (Å²) in [6.07, 6.45) is 1.57. The molecule has 2 aromatic carbocycles. The standard InChI is InChI=1S/C25H17Cl2N5O4S2/c26-15-4-5-18(16(27)9-15)32-23(20-2-1-7-34-20)30-31-25(32)38-12-22-29-17(11-37-22)24(33)28-10-14-3-6-19-21(8-14)36-13-35-19/h1-9,11H,10,12-13H2,(H,28,33). The van der Waals surface area contributed by atoms with Gasteiger partial charge in [-0.3, -0.25) is 9.36 Å². The number of thiazole rings is 1. The number of rotatable bonds is 8. The fraction of sp³-hybridized carbons (Fsp3) is 0.120. The van der Waals surface area contributed by atoms with Crippen molar-refractivity contribution in [2.45, 2.75) is 17.5 Å². The lowest BCUT2D eigenvalue weighted by atomic mass is 10.2. The van der Waals surface area contributed by atoms with Gasteiger partial charge in [0.2, 0.25) is 12.6 Å². The van der Waals surface area contributed by atoms with Crippen LogP contribution in [0.5, 0.6) is 11.5 Å². The largest absolute Gasteiger partial charge is 0.461 e. The zero-order valence-corrected chi connectivity index (χ0v) is 22.5. The number of hydrogen-bond donors (Lipinski definition) is 1. The average Bonchev–Trinajstić information content (AvgIpc) is 3.72. The number of nitrogens with zero attached hydrogens (tertiary/aromatic N) is 4. The van der Waals surface area contributed by atoms with Gasteiger partial charge in [0, 0.05) is 16.9 Å². The third-order valence-corrected chi connectivity index (χ3v) is 8.03. The van der Waals surface area contributed by atoms with Crippen LogP contribution in [0, 0.1) is 0 Å². The monoisotopic (exact) mass is 585 g/mol. The second-order valence-corrected chi connectivity index (χ2v) is 10.7. The van der Waals surface area contributed by atoms with Crippen molar-refractivity contribution in [3.05, 3.63) is 86.5 Å². The molecule has 0 aliphatic carbocycles. The minimum Gasteiger partial charge on any atom is -0.461 e. The highest BCUT2D eigenvalue weighted by Gasteiger charge is 2.21. The predicted molar refractivity (Wildman–Crippen MR) is 144 cm³/mol. The Kier molecular flexibility index (Phi) is 6.98. The Morgan fingerprint density at radius 2 is 2.00 bits per heavy atom. The van der Waals surface area contributed by atoms with Gasteiger partial charge in [-0.1, -0.05) is 41.0 Å². The van der Waals surface area contributed by atoms with Crippen LogP contribution in [-0.4, -0.2) is 32.4 Å². The highest BCUT2D eigenvalue weighted by molar-refractivity contribution is 7.98. The van der Waals surface area contributed by atoms with Crippen LogP contribution in [0.15, 0.2) is 69.7 Å². The molecule has 0 fully saturated rings. The zero-order chi connectivity index (χ0) is 26.1. The van der Waals surface area contributed by atoms with Crippen molar-refractivity contribution in [2.24, 2.45) is 0 Å². The quantitative estimate of drug-likeness (QED) is 0.213. The summed E-state index contributed by atoms with van der Waals surface area (Å²) < 4.78 is 18.1. The molecular weight excluding hydrogens is 569 g/mol. The van der Waals surface area contributed by atoms with Gasteiger partial charge in [0.15, 0.2) is 22.4 Å². The summed E-state index contributed by atoms with van der Waals surface area (Å²) in [6.45, 7) is 0.551. The van der Waals surface area contributed by atoms with E-state index in [0.29, 0.717) is 62.0 Å². The summed E-state index contributed by atoms with van der Waals surface area (Å²) in [6, 6.07) is 14.4. The first-order chi connectivity index (χ1) is 18.5. The van der Waals surface area contributed by atoms with Crippen molar-refractivity contribution >= 4 is 52.2 Å². The molecule has 0 saturated heterocycles. The van der Waals surface area contributed by atoms with E-state index in [1.165, 1.54) is 23.1 Å². The fourth-order valence-corrected chi connectivity index (χ4v) is 5.97. The van der Waals surface area contributed by atoms with Gasteiger partial charge in [-0.15, -0.1) is 21.5 Å². The third kappa shape index (κ3) is 5.10. The minimum atomic E-state index is -0.258. The molecule has 0 unspecified atom stereocenters. The van der Waals surface area contributed by atoms with Crippen LogP contribution in [0.1, 0.15) is 21.1 Å². The number of ether oxygens (including phenoxy) is 2. The maximum Gasteiger partial charge on any atom is 0.271 e. The molecule has 0 spiro atoms. The smallest absolute Gasteiger partial charge is 0.271 e. The van der Waals surface area contributed by atoms with E-state index in [-0.39, 0.29) is 12.7 Å². The molecule has 9 nitrogen and oxygen atoms in total. The number of thioether (sulfide) groups is 1. The highest BCUT2D eigenvalue weighted by Crippen LogP contribution is 2.35. The van der Waals surface area contributed by atoms with Crippen molar-refractivity contribution in [3.8, 4) is 28.8 Å². The number of nitrogens with one attached hydrogen (secondary N) is 1. The lowest BCUT2D eigenvalue weighted by molar-refractivity contribution is 0.0946. The summed E-state index contributed by atoms with van der Waals surface area (Å²) in [5.74, 6) is 2.64. The van der Waals surface area contributed by atoms with Gasteiger partial charge in [0.05, 0.1) is 22.7 Å². The Bertz CT molecular complexity index is 1620. The molecule has 1 N–H and O–H groups in total. The molecule has 6 rings (SSSR count). The van der Waals surface area contributed by atoms with Gasteiger partial charge < -0.3 is 19.2 Å². The van der Waals surface area contributed by atoms with Gasteiger partial charge in [0.25, 0.3) is 5.91 Å². The Morgan fingerprint density at radius 3 is 2.84 bits per heavy atom. The Hall–Kier alpha value is -3.51. The fourth-order valence-electron chi connectivity index (χ4n) is 3.74. The van der Waals surface area contributed by atoms with E-state index in [9.17, 15) is 4.79 Å². The van der Waals surface area contributed by atoms with Crippen molar-refractivity contribution in [2.75, 3.05) is 6.79 Å². The van der Waals surface area contributed by atoms with Crippen LogP contribution in [0.4, 0.5) is 0 Å². The lowest BCUT2D eigenvalue weighted by Crippen LogP contribution is -2.23. The summed E-state index contributed by atoms with van der Waals surface area (Å²) >= 11 is 15.4. The summed E-state index contributed by atoms with van der Waals surface area (Å²) in [4.78, 5) is 17.2. The SMILES string of the molecule is O=C(NCc1ccc2c(c1)OCO2)c1csc(CSc2nnc(-c3ccco3)n2-c2ccc(Cl)cc2Cl)n1. The molecule has 0 atom stereocenters. The van der Waals surface area contributed by atoms with Gasteiger partial charge in [-0.2, -0.15) is 0 Å². The number of aromatic nitrogens is 4. The van der Waals surface area contributed by atoms with Gasteiger partial charge in [-0.25, -0.2) is 4.98 Å². The summed E-state index contributed by atoms with van der Waals surface area (Å²) in [5.41, 5.74) is 1.92. The molecule has 5 aromatic rings. The van der Waals surface area contributed by atoms with E-state index in [0.717, 1.165) is 10.6 Å². The molecule has 13 heteroatoms. The highest BCUT2D eigenvalue weighted by atomic mass is 35.5. The van der Waals surface area contributed by atoms with Gasteiger partial charge in [-0.05, 0) is 48.0 Å². The van der Waals surface area contributed by atoms with Crippen molar-refractivity contribution in [1.29, 1.82) is 0 Å². The van der Waals surface area contributed by atoms with Crippen LogP contribution in [0.25, 0.3) is 17.3 Å². The Balaban J connectivity index is 1.16. The van der Waals surface area contributed by atoms with E-state index in [1.54, 1.807) is 42.0 Å². The molecule has 0 bridgehead atoms. The van der Waals surface area contributed by atoms with E-state index in [2.05, 4.69) is 20.5 Å². The molecule has 192 valence electrons. The second kappa shape index (κ2) is 10.7. The summed E-state index contributed by atoms with van der Waals surface area (Å²) in [5, 5.41) is 15.6. The number of furan rings is 1. The molecule has 1 aliphatic heterocycles. The minimum absolute atomic E-state index is 0.206. The number of fused-ring (bicyclic) bond motifs is 1. The summed E-state index contributed by atoms with van der Waals surface area (Å²) in [7, 11) is 0. The number of carbonyl (C=O) groups is 1. The molecule has 38 heavy (non-hydrogen) atoms. The van der Waals surface area contributed by atoms with Crippen molar-refractivity contribution in [3.63, 3.8) is 0 Å². The number of hydrogen-bond acceptors (Lipinski definition) is 9. The molecular formula is C25H17Cl2N5O4S2. The van der Waals surface area contributed by atoms with Crippen LogP contribution < -0.4 is 14.8 Å². The van der Waals surface area contributed by atoms with Gasteiger partial charge in [0.1, 0.15) is 10.7 Å². The average molecular weight is 586 g/mol. The van der Waals surface area contributed by atoms with Crippen LogP contribution >= 0.6 is 46.3 Å². The van der Waals surface area contributed by atoms with Crippen LogP contribution in [0.3, 0.4) is 0 Å². The van der Waals surface area contributed by atoms with Crippen LogP contribution in [-0.2, 0) is 12.3 Å². The maximum absolute atomic E-state index is 12.7. The molecule has 1 aliphatic rings. The predicted octanol–water partition coefficient (Wildman–Crippen LogP) is 6.24. The Labute approximate surface area is 234 Å². The van der Waals surface area contributed by atoms with Crippen molar-refractivity contribution in [1.82, 2.24) is 25.1 Å². The first kappa shape index (κ1) is 24.8. The first-order valence-corrected chi connectivity index (χ1v) is 13.9. The second-order valence-electron chi connectivity index (χ2n) is 8.00. The number of amides is 1.